The number of carboxylic acid groups (broad SMARTS) is 1. The van der Waals surface area contributed by atoms with Crippen LogP contribution in [0.5, 0.6) is 0 Å². The van der Waals surface area contributed by atoms with E-state index in [-0.39, 0.29) is 0 Å². The first kappa shape index (κ1) is 11.4. The second kappa shape index (κ2) is 3.92. The number of hydrogen-bond acceptors (Lipinski definition) is 3. The number of aromatic nitrogens is 1. The van der Waals surface area contributed by atoms with Crippen LogP contribution in [0.4, 0.5) is 0 Å². The molecule has 92 valence electrons. The van der Waals surface area contributed by atoms with Crippen molar-refractivity contribution in [2.45, 2.75) is 25.2 Å². The minimum atomic E-state index is -0.740. The van der Waals surface area contributed by atoms with Gasteiger partial charge in [-0.25, -0.2) is 4.98 Å². The molecule has 0 amide bonds. The van der Waals surface area contributed by atoms with E-state index in [1.165, 1.54) is 11.3 Å². The molecule has 1 N–H and O–H groups in total. The third-order valence-electron chi connectivity index (χ3n) is 3.41. The predicted octanol–water partition coefficient (Wildman–Crippen LogP) is 3.23. The molecule has 0 spiro atoms. The van der Waals surface area contributed by atoms with Crippen LogP contribution in [0, 0.1) is 6.92 Å². The van der Waals surface area contributed by atoms with Gasteiger partial charge in [-0.3, -0.25) is 4.79 Å². The number of benzene rings is 1. The Morgan fingerprint density at radius 2 is 2.00 bits per heavy atom. The summed E-state index contributed by atoms with van der Waals surface area (Å²) >= 11 is 1.52. The number of nitrogens with zero attached hydrogens (tertiary/aromatic N) is 1. The summed E-state index contributed by atoms with van der Waals surface area (Å²) in [4.78, 5) is 17.0. The Morgan fingerprint density at radius 1 is 1.33 bits per heavy atom. The molecule has 0 bridgehead atoms. The quantitative estimate of drug-likeness (QED) is 0.920. The average molecular weight is 259 g/mol. The zero-order valence-corrected chi connectivity index (χ0v) is 10.8. The molecule has 1 aliphatic rings. The van der Waals surface area contributed by atoms with Crippen molar-refractivity contribution in [3.63, 3.8) is 0 Å². The first-order chi connectivity index (χ1) is 8.63. The lowest BCUT2D eigenvalue weighted by Gasteiger charge is -2.03. The molecule has 4 heteroatoms. The van der Waals surface area contributed by atoms with E-state index in [0.717, 1.165) is 21.1 Å². The van der Waals surface area contributed by atoms with Gasteiger partial charge in [-0.1, -0.05) is 30.3 Å². The van der Waals surface area contributed by atoms with Crippen molar-refractivity contribution in [2.24, 2.45) is 0 Å². The zero-order valence-electron chi connectivity index (χ0n) is 10.0. The lowest BCUT2D eigenvalue weighted by Crippen LogP contribution is -2.19. The lowest BCUT2D eigenvalue weighted by molar-refractivity contribution is -0.140. The lowest BCUT2D eigenvalue weighted by atomic mass is 10.1. The molecular formula is C14H13NO2S. The first-order valence-electron chi connectivity index (χ1n) is 5.90. The highest BCUT2D eigenvalue weighted by atomic mass is 32.1. The standard InChI is InChI=1S/C14H13NO2S/c1-9-11(10-5-3-2-4-6-10)15-12(18-9)14(7-8-14)13(16)17/h2-6H,7-8H2,1H3,(H,16,17). The number of thiazole rings is 1. The Kier molecular flexibility index (Phi) is 2.48. The Balaban J connectivity index is 2.05. The molecule has 0 unspecified atom stereocenters. The number of rotatable bonds is 3. The normalized spacial score (nSPS) is 16.5. The molecule has 1 aromatic heterocycles. The van der Waals surface area contributed by atoms with Crippen LogP contribution in [0.15, 0.2) is 30.3 Å². The van der Waals surface area contributed by atoms with Crippen molar-refractivity contribution in [2.75, 3.05) is 0 Å². The largest absolute Gasteiger partial charge is 0.481 e. The smallest absolute Gasteiger partial charge is 0.316 e. The van der Waals surface area contributed by atoms with Gasteiger partial charge in [0, 0.05) is 10.4 Å². The van der Waals surface area contributed by atoms with E-state index in [1.807, 2.05) is 37.3 Å². The third kappa shape index (κ3) is 1.64. The van der Waals surface area contributed by atoms with Crippen LogP contribution < -0.4 is 0 Å². The van der Waals surface area contributed by atoms with Crippen LogP contribution >= 0.6 is 11.3 Å². The maximum Gasteiger partial charge on any atom is 0.316 e. The summed E-state index contributed by atoms with van der Waals surface area (Å²) in [6.45, 7) is 2.00. The van der Waals surface area contributed by atoms with Gasteiger partial charge in [0.15, 0.2) is 0 Å². The van der Waals surface area contributed by atoms with Gasteiger partial charge >= 0.3 is 5.97 Å². The highest BCUT2D eigenvalue weighted by Crippen LogP contribution is 2.50. The van der Waals surface area contributed by atoms with Crippen LogP contribution in [0.25, 0.3) is 11.3 Å². The van der Waals surface area contributed by atoms with Crippen LogP contribution in [0.1, 0.15) is 22.7 Å². The number of aryl methyl sites for hydroxylation is 1. The van der Waals surface area contributed by atoms with Crippen LogP contribution in [-0.4, -0.2) is 16.1 Å². The molecule has 3 rings (SSSR count). The van der Waals surface area contributed by atoms with E-state index in [9.17, 15) is 9.90 Å². The molecule has 3 nitrogen and oxygen atoms in total. The number of aliphatic carboxylic acids is 1. The summed E-state index contributed by atoms with van der Waals surface area (Å²) in [5, 5.41) is 10.1. The Hall–Kier alpha value is -1.68. The molecular weight excluding hydrogens is 246 g/mol. The summed E-state index contributed by atoms with van der Waals surface area (Å²) in [5.74, 6) is -0.740. The van der Waals surface area contributed by atoms with Gasteiger partial charge in [0.25, 0.3) is 0 Å². The Labute approximate surface area is 109 Å². The van der Waals surface area contributed by atoms with Crippen molar-refractivity contribution >= 4 is 17.3 Å². The van der Waals surface area contributed by atoms with Gasteiger partial charge in [0.05, 0.1) is 5.69 Å². The van der Waals surface area contributed by atoms with Gasteiger partial charge in [-0.05, 0) is 19.8 Å². The first-order valence-corrected chi connectivity index (χ1v) is 6.72. The third-order valence-corrected chi connectivity index (χ3v) is 4.59. The molecule has 1 aromatic carbocycles. The maximum absolute atomic E-state index is 11.3. The van der Waals surface area contributed by atoms with E-state index in [4.69, 9.17) is 0 Å². The molecule has 0 aliphatic heterocycles. The van der Waals surface area contributed by atoms with Gasteiger partial charge in [-0.15, -0.1) is 11.3 Å². The average Bonchev–Trinajstić information content (AvgIpc) is 3.09. The summed E-state index contributed by atoms with van der Waals surface area (Å²) in [5.41, 5.74) is 1.28. The zero-order chi connectivity index (χ0) is 12.8. The summed E-state index contributed by atoms with van der Waals surface area (Å²) < 4.78 is 0. The second-order valence-corrected chi connectivity index (χ2v) is 5.88. The topological polar surface area (TPSA) is 50.2 Å². The SMILES string of the molecule is Cc1sc(C2(C(=O)O)CC2)nc1-c1ccccc1. The molecule has 1 heterocycles. The minimum absolute atomic E-state index is 0.692. The fraction of sp³-hybridized carbons (Fsp3) is 0.286. The van der Waals surface area contributed by atoms with Crippen LogP contribution in [0.2, 0.25) is 0 Å². The predicted molar refractivity (Wildman–Crippen MR) is 70.8 cm³/mol. The molecule has 0 radical (unpaired) electrons. The van der Waals surface area contributed by atoms with E-state index >= 15 is 0 Å². The van der Waals surface area contributed by atoms with E-state index in [0.29, 0.717) is 12.8 Å². The Bertz CT molecular complexity index is 600. The van der Waals surface area contributed by atoms with E-state index < -0.39 is 11.4 Å². The molecule has 2 aromatic rings. The second-order valence-electron chi connectivity index (χ2n) is 4.68. The fourth-order valence-electron chi connectivity index (χ4n) is 2.11. The van der Waals surface area contributed by atoms with Gasteiger partial charge < -0.3 is 5.11 Å². The van der Waals surface area contributed by atoms with Gasteiger partial charge in [0.1, 0.15) is 10.4 Å². The molecule has 1 saturated carbocycles. The van der Waals surface area contributed by atoms with Crippen molar-refractivity contribution in [1.82, 2.24) is 4.98 Å². The highest BCUT2D eigenvalue weighted by Gasteiger charge is 2.54. The van der Waals surface area contributed by atoms with Gasteiger partial charge in [0.2, 0.25) is 0 Å². The molecule has 1 fully saturated rings. The van der Waals surface area contributed by atoms with Gasteiger partial charge in [-0.2, -0.15) is 0 Å². The minimum Gasteiger partial charge on any atom is -0.481 e. The molecule has 18 heavy (non-hydrogen) atoms. The monoisotopic (exact) mass is 259 g/mol. The molecule has 0 saturated heterocycles. The summed E-state index contributed by atoms with van der Waals surface area (Å²) in [7, 11) is 0. The maximum atomic E-state index is 11.3. The van der Waals surface area contributed by atoms with Crippen molar-refractivity contribution in [3.8, 4) is 11.3 Å². The summed E-state index contributed by atoms with van der Waals surface area (Å²) in [6.07, 6.45) is 1.42. The Morgan fingerprint density at radius 3 is 2.56 bits per heavy atom. The summed E-state index contributed by atoms with van der Waals surface area (Å²) in [6, 6.07) is 9.92. The van der Waals surface area contributed by atoms with Crippen LogP contribution in [0.3, 0.4) is 0 Å². The van der Waals surface area contributed by atoms with E-state index in [1.54, 1.807) is 0 Å². The molecule has 0 atom stereocenters. The van der Waals surface area contributed by atoms with Crippen molar-refractivity contribution in [1.29, 1.82) is 0 Å². The van der Waals surface area contributed by atoms with E-state index in [2.05, 4.69) is 4.98 Å². The highest BCUT2D eigenvalue weighted by molar-refractivity contribution is 7.12. The van der Waals surface area contributed by atoms with Crippen molar-refractivity contribution in [3.05, 3.63) is 40.2 Å². The van der Waals surface area contributed by atoms with Crippen molar-refractivity contribution < 1.29 is 9.90 Å². The number of carboxylic acids is 1. The number of carbonyl (C=O) groups is 1. The van der Waals surface area contributed by atoms with Crippen LogP contribution in [-0.2, 0) is 10.2 Å². The fourth-order valence-corrected chi connectivity index (χ4v) is 3.28. The number of hydrogen-bond donors (Lipinski definition) is 1. The molecule has 1 aliphatic carbocycles.